The number of nitrogens with two attached hydrogens (primary N) is 1. The third-order valence-corrected chi connectivity index (χ3v) is 4.24. The second-order valence-corrected chi connectivity index (χ2v) is 5.31. The summed E-state index contributed by atoms with van der Waals surface area (Å²) in [6.45, 7) is 2.96. The molecule has 1 aromatic carbocycles. The van der Waals surface area contributed by atoms with Crippen LogP contribution in [0, 0.1) is 5.41 Å². The normalized spacial score (nSPS) is 18.8. The van der Waals surface area contributed by atoms with Crippen LogP contribution >= 0.6 is 0 Å². The first-order valence-electron chi connectivity index (χ1n) is 6.75. The molecule has 0 bridgehead atoms. The lowest BCUT2D eigenvalue weighted by atomic mass is 9.67. The monoisotopic (exact) mass is 246 g/mol. The molecule has 1 atom stereocenters. The van der Waals surface area contributed by atoms with E-state index in [4.69, 9.17) is 5.73 Å². The molecular weight excluding hydrogens is 224 g/mol. The molecular formula is C15H22N2O. The summed E-state index contributed by atoms with van der Waals surface area (Å²) in [6, 6.07) is 8.96. The first kappa shape index (κ1) is 13.1. The van der Waals surface area contributed by atoms with Gasteiger partial charge in [-0.2, -0.15) is 0 Å². The summed E-state index contributed by atoms with van der Waals surface area (Å²) in [5.74, 6) is -0.0686. The van der Waals surface area contributed by atoms with E-state index >= 15 is 0 Å². The Labute approximate surface area is 109 Å². The molecule has 1 amide bonds. The maximum absolute atomic E-state index is 12.0. The third-order valence-electron chi connectivity index (χ3n) is 4.24. The zero-order valence-corrected chi connectivity index (χ0v) is 11.0. The van der Waals surface area contributed by atoms with Gasteiger partial charge >= 0.3 is 0 Å². The van der Waals surface area contributed by atoms with Crippen LogP contribution in [0.25, 0.3) is 0 Å². The van der Waals surface area contributed by atoms with E-state index in [1.54, 1.807) is 0 Å². The van der Waals surface area contributed by atoms with Crippen LogP contribution in [0.15, 0.2) is 30.3 Å². The van der Waals surface area contributed by atoms with Crippen molar-refractivity contribution in [2.24, 2.45) is 11.1 Å². The fourth-order valence-electron chi connectivity index (χ4n) is 2.53. The Balaban J connectivity index is 1.88. The van der Waals surface area contributed by atoms with Gasteiger partial charge in [0.25, 0.3) is 0 Å². The highest BCUT2D eigenvalue weighted by Gasteiger charge is 2.35. The van der Waals surface area contributed by atoms with E-state index in [0.29, 0.717) is 5.41 Å². The minimum Gasteiger partial charge on any atom is -0.354 e. The fourth-order valence-corrected chi connectivity index (χ4v) is 2.53. The van der Waals surface area contributed by atoms with Crippen LogP contribution in [0.4, 0.5) is 0 Å². The molecule has 0 aromatic heterocycles. The highest BCUT2D eigenvalue weighted by molar-refractivity contribution is 5.82. The summed E-state index contributed by atoms with van der Waals surface area (Å²) in [6.07, 6.45) is 4.87. The lowest BCUT2D eigenvalue weighted by Crippen LogP contribution is -2.44. The van der Waals surface area contributed by atoms with Crippen molar-refractivity contribution < 1.29 is 4.79 Å². The molecule has 0 saturated heterocycles. The van der Waals surface area contributed by atoms with Crippen molar-refractivity contribution in [1.29, 1.82) is 0 Å². The number of hydrogen-bond donors (Lipinski definition) is 2. The van der Waals surface area contributed by atoms with Crippen molar-refractivity contribution in [1.82, 2.24) is 5.32 Å². The molecule has 3 N–H and O–H groups in total. The lowest BCUT2D eigenvalue weighted by molar-refractivity contribution is -0.123. The summed E-state index contributed by atoms with van der Waals surface area (Å²) < 4.78 is 0. The van der Waals surface area contributed by atoms with Crippen LogP contribution in [-0.2, 0) is 4.79 Å². The van der Waals surface area contributed by atoms with Gasteiger partial charge in [0.2, 0.25) is 5.91 Å². The highest BCUT2D eigenvalue weighted by Crippen LogP contribution is 2.43. The highest BCUT2D eigenvalue weighted by atomic mass is 16.2. The van der Waals surface area contributed by atoms with Crippen LogP contribution < -0.4 is 11.1 Å². The van der Waals surface area contributed by atoms with Crippen molar-refractivity contribution in [3.05, 3.63) is 35.9 Å². The molecule has 1 aliphatic carbocycles. The van der Waals surface area contributed by atoms with Gasteiger partial charge in [0.05, 0.1) is 0 Å². The van der Waals surface area contributed by atoms with Crippen LogP contribution in [0.2, 0.25) is 0 Å². The number of nitrogens with one attached hydrogen (secondary N) is 1. The Morgan fingerprint density at radius 1 is 1.39 bits per heavy atom. The average Bonchev–Trinajstić information content (AvgIpc) is 2.38. The summed E-state index contributed by atoms with van der Waals surface area (Å²) >= 11 is 0. The SMILES string of the molecule is CCC1(CNC(=O)[C@@H](N)c2ccccc2)CCC1. The molecule has 2 rings (SSSR count). The molecule has 1 aliphatic rings. The number of rotatable bonds is 5. The maximum atomic E-state index is 12.0. The van der Waals surface area contributed by atoms with E-state index < -0.39 is 6.04 Å². The topological polar surface area (TPSA) is 55.1 Å². The number of hydrogen-bond acceptors (Lipinski definition) is 2. The predicted molar refractivity (Wildman–Crippen MR) is 73.0 cm³/mol. The number of benzene rings is 1. The Hall–Kier alpha value is -1.35. The Kier molecular flexibility index (Phi) is 4.02. The van der Waals surface area contributed by atoms with E-state index in [2.05, 4.69) is 12.2 Å². The van der Waals surface area contributed by atoms with Crippen LogP contribution in [0.1, 0.15) is 44.2 Å². The Bertz CT molecular complexity index is 393. The van der Waals surface area contributed by atoms with Crippen molar-refractivity contribution in [2.75, 3.05) is 6.54 Å². The van der Waals surface area contributed by atoms with Gasteiger partial charge in [-0.05, 0) is 30.2 Å². The second-order valence-electron chi connectivity index (χ2n) is 5.31. The van der Waals surface area contributed by atoms with Crippen molar-refractivity contribution in [3.63, 3.8) is 0 Å². The fraction of sp³-hybridized carbons (Fsp3) is 0.533. The van der Waals surface area contributed by atoms with E-state index in [1.165, 1.54) is 19.3 Å². The molecule has 0 spiro atoms. The van der Waals surface area contributed by atoms with E-state index in [0.717, 1.165) is 18.5 Å². The zero-order chi connectivity index (χ0) is 13.0. The number of carbonyl (C=O) groups is 1. The second kappa shape index (κ2) is 5.53. The van der Waals surface area contributed by atoms with Crippen molar-refractivity contribution in [2.45, 2.75) is 38.6 Å². The van der Waals surface area contributed by atoms with Crippen LogP contribution in [0.3, 0.4) is 0 Å². The van der Waals surface area contributed by atoms with Gasteiger partial charge < -0.3 is 11.1 Å². The molecule has 0 aliphatic heterocycles. The Morgan fingerprint density at radius 3 is 2.56 bits per heavy atom. The quantitative estimate of drug-likeness (QED) is 0.838. The third kappa shape index (κ3) is 2.72. The van der Waals surface area contributed by atoms with Crippen LogP contribution in [0.5, 0.6) is 0 Å². The molecule has 1 saturated carbocycles. The van der Waals surface area contributed by atoms with E-state index in [9.17, 15) is 4.79 Å². The predicted octanol–water partition coefficient (Wildman–Crippen LogP) is 2.38. The Morgan fingerprint density at radius 2 is 2.06 bits per heavy atom. The molecule has 0 unspecified atom stereocenters. The summed E-state index contributed by atoms with van der Waals surface area (Å²) in [5, 5.41) is 3.01. The van der Waals surface area contributed by atoms with Gasteiger partial charge in [-0.3, -0.25) is 4.79 Å². The maximum Gasteiger partial charge on any atom is 0.241 e. The summed E-state index contributed by atoms with van der Waals surface area (Å²) in [5.41, 5.74) is 7.17. The molecule has 3 heteroatoms. The molecule has 1 fully saturated rings. The minimum absolute atomic E-state index is 0.0686. The number of amides is 1. The zero-order valence-electron chi connectivity index (χ0n) is 11.0. The number of carbonyl (C=O) groups excluding carboxylic acids is 1. The largest absolute Gasteiger partial charge is 0.354 e. The molecule has 18 heavy (non-hydrogen) atoms. The molecule has 3 nitrogen and oxygen atoms in total. The standard InChI is InChI=1S/C15H22N2O/c1-2-15(9-6-10-15)11-17-14(18)13(16)12-7-4-3-5-8-12/h3-5,7-8,13H,2,6,9-11,16H2,1H3,(H,17,18)/t13-/m0/s1. The first-order valence-corrected chi connectivity index (χ1v) is 6.75. The lowest BCUT2D eigenvalue weighted by Gasteiger charge is -2.41. The molecule has 98 valence electrons. The summed E-state index contributed by atoms with van der Waals surface area (Å²) in [4.78, 5) is 12.0. The van der Waals surface area contributed by atoms with Gasteiger partial charge in [0.15, 0.2) is 0 Å². The van der Waals surface area contributed by atoms with E-state index in [1.807, 2.05) is 30.3 Å². The molecule has 1 aromatic rings. The first-order chi connectivity index (χ1) is 8.67. The molecule has 0 radical (unpaired) electrons. The smallest absolute Gasteiger partial charge is 0.241 e. The van der Waals surface area contributed by atoms with Gasteiger partial charge in [-0.1, -0.05) is 43.7 Å². The van der Waals surface area contributed by atoms with E-state index in [-0.39, 0.29) is 5.91 Å². The van der Waals surface area contributed by atoms with Crippen LogP contribution in [-0.4, -0.2) is 12.5 Å². The van der Waals surface area contributed by atoms with Crippen molar-refractivity contribution in [3.8, 4) is 0 Å². The van der Waals surface area contributed by atoms with Gasteiger partial charge in [0, 0.05) is 6.54 Å². The van der Waals surface area contributed by atoms with Gasteiger partial charge in [-0.15, -0.1) is 0 Å². The summed E-state index contributed by atoms with van der Waals surface area (Å²) in [7, 11) is 0. The van der Waals surface area contributed by atoms with Gasteiger partial charge in [0.1, 0.15) is 6.04 Å². The van der Waals surface area contributed by atoms with Gasteiger partial charge in [-0.25, -0.2) is 0 Å². The average molecular weight is 246 g/mol. The van der Waals surface area contributed by atoms with Crippen molar-refractivity contribution >= 4 is 5.91 Å². The molecule has 0 heterocycles. The minimum atomic E-state index is -0.555.